The molecule has 4 nitrogen and oxygen atoms in total. The van der Waals surface area contributed by atoms with Gasteiger partial charge < -0.3 is 10.0 Å². The van der Waals surface area contributed by atoms with Gasteiger partial charge in [0.1, 0.15) is 6.04 Å². The van der Waals surface area contributed by atoms with Crippen LogP contribution in [0.3, 0.4) is 0 Å². The predicted octanol–water partition coefficient (Wildman–Crippen LogP) is 1.89. The summed E-state index contributed by atoms with van der Waals surface area (Å²) < 4.78 is 0. The summed E-state index contributed by atoms with van der Waals surface area (Å²) in [5.74, 6) is -0.337. The van der Waals surface area contributed by atoms with E-state index in [1.54, 1.807) is 6.92 Å². The molecule has 0 radical (unpaired) electrons. The van der Waals surface area contributed by atoms with Gasteiger partial charge in [-0.25, -0.2) is 4.79 Å². The van der Waals surface area contributed by atoms with Gasteiger partial charge in [-0.1, -0.05) is 19.8 Å². The van der Waals surface area contributed by atoms with Crippen LogP contribution >= 0.6 is 0 Å². The summed E-state index contributed by atoms with van der Waals surface area (Å²) in [5, 5.41) is 8.92. The zero-order valence-electron chi connectivity index (χ0n) is 10.1. The maximum absolute atomic E-state index is 11.8. The minimum atomic E-state index is -0.915. The zero-order valence-corrected chi connectivity index (χ0v) is 10.1. The lowest BCUT2D eigenvalue weighted by atomic mass is 9.96. The molecule has 1 rings (SSSR count). The van der Waals surface area contributed by atoms with Gasteiger partial charge in [0.2, 0.25) is 5.91 Å². The SMILES string of the molecule is CCCC1CCC(=O)N(C(C)C(=O)O)CC1. The molecule has 92 valence electrons. The van der Waals surface area contributed by atoms with Gasteiger partial charge in [0, 0.05) is 13.0 Å². The maximum Gasteiger partial charge on any atom is 0.326 e. The van der Waals surface area contributed by atoms with Gasteiger partial charge in [-0.15, -0.1) is 0 Å². The highest BCUT2D eigenvalue weighted by Gasteiger charge is 2.28. The molecule has 0 aromatic carbocycles. The van der Waals surface area contributed by atoms with Crippen LogP contribution in [0.4, 0.5) is 0 Å². The van der Waals surface area contributed by atoms with Crippen LogP contribution < -0.4 is 0 Å². The van der Waals surface area contributed by atoms with Crippen LogP contribution in [-0.4, -0.2) is 34.5 Å². The Morgan fingerprint density at radius 1 is 1.56 bits per heavy atom. The first-order valence-electron chi connectivity index (χ1n) is 6.08. The van der Waals surface area contributed by atoms with Gasteiger partial charge in [-0.3, -0.25) is 4.79 Å². The Bertz CT molecular complexity index is 265. The van der Waals surface area contributed by atoms with E-state index in [-0.39, 0.29) is 5.91 Å². The summed E-state index contributed by atoms with van der Waals surface area (Å²) in [6, 6.07) is -0.687. The van der Waals surface area contributed by atoms with Crippen molar-refractivity contribution in [3.63, 3.8) is 0 Å². The molecule has 1 heterocycles. The first kappa shape index (κ1) is 13.0. The third-order valence-electron chi connectivity index (χ3n) is 3.39. The highest BCUT2D eigenvalue weighted by Crippen LogP contribution is 2.23. The van der Waals surface area contributed by atoms with E-state index in [1.165, 1.54) is 4.90 Å². The predicted molar refractivity (Wildman–Crippen MR) is 61.1 cm³/mol. The maximum atomic E-state index is 11.8. The Labute approximate surface area is 96.6 Å². The number of carbonyl (C=O) groups is 2. The second-order valence-electron chi connectivity index (χ2n) is 4.58. The van der Waals surface area contributed by atoms with Crippen LogP contribution in [0.15, 0.2) is 0 Å². The minimum Gasteiger partial charge on any atom is -0.480 e. The van der Waals surface area contributed by atoms with Crippen molar-refractivity contribution in [1.29, 1.82) is 0 Å². The smallest absolute Gasteiger partial charge is 0.326 e. The Morgan fingerprint density at radius 3 is 2.81 bits per heavy atom. The summed E-state index contributed by atoms with van der Waals surface area (Å²) in [7, 11) is 0. The Hall–Kier alpha value is -1.06. The van der Waals surface area contributed by atoms with Gasteiger partial charge >= 0.3 is 5.97 Å². The van der Waals surface area contributed by atoms with Crippen molar-refractivity contribution in [3.8, 4) is 0 Å². The number of hydrogen-bond acceptors (Lipinski definition) is 2. The quantitative estimate of drug-likeness (QED) is 0.797. The molecular formula is C12H21NO3. The molecule has 16 heavy (non-hydrogen) atoms. The van der Waals surface area contributed by atoms with Crippen LogP contribution in [0.25, 0.3) is 0 Å². The number of rotatable bonds is 4. The number of carboxylic acid groups (broad SMARTS) is 1. The van der Waals surface area contributed by atoms with E-state index in [1.807, 2.05) is 0 Å². The van der Waals surface area contributed by atoms with Crippen LogP contribution in [-0.2, 0) is 9.59 Å². The first-order valence-corrected chi connectivity index (χ1v) is 6.08. The van der Waals surface area contributed by atoms with E-state index in [0.717, 1.165) is 25.7 Å². The molecule has 0 aromatic heterocycles. The topological polar surface area (TPSA) is 57.6 Å². The van der Waals surface area contributed by atoms with Crippen molar-refractivity contribution in [3.05, 3.63) is 0 Å². The summed E-state index contributed by atoms with van der Waals surface area (Å²) in [5.41, 5.74) is 0. The van der Waals surface area contributed by atoms with Crippen molar-refractivity contribution in [1.82, 2.24) is 4.90 Å². The number of likely N-dealkylation sites (tertiary alicyclic amines) is 1. The number of carboxylic acids is 1. The summed E-state index contributed by atoms with van der Waals surface area (Å²) in [6.07, 6.45) is 4.63. The van der Waals surface area contributed by atoms with E-state index in [2.05, 4.69) is 6.92 Å². The van der Waals surface area contributed by atoms with Crippen molar-refractivity contribution in [2.45, 2.75) is 52.0 Å². The van der Waals surface area contributed by atoms with Crippen LogP contribution in [0.5, 0.6) is 0 Å². The monoisotopic (exact) mass is 227 g/mol. The fourth-order valence-corrected chi connectivity index (χ4v) is 2.30. The highest BCUT2D eigenvalue weighted by atomic mass is 16.4. The first-order chi connectivity index (χ1) is 7.56. The Kier molecular flexibility index (Phi) is 4.77. The molecule has 1 aliphatic rings. The van der Waals surface area contributed by atoms with E-state index >= 15 is 0 Å². The fourth-order valence-electron chi connectivity index (χ4n) is 2.30. The standard InChI is InChI=1S/C12H21NO3/c1-3-4-10-5-6-11(14)13(8-7-10)9(2)12(15)16/h9-10H,3-8H2,1-2H3,(H,15,16). The van der Waals surface area contributed by atoms with E-state index in [9.17, 15) is 9.59 Å². The molecule has 0 aromatic rings. The van der Waals surface area contributed by atoms with Gasteiger partial charge in [-0.2, -0.15) is 0 Å². The van der Waals surface area contributed by atoms with Crippen LogP contribution in [0.1, 0.15) is 46.0 Å². The molecule has 0 bridgehead atoms. The molecule has 0 aliphatic carbocycles. The van der Waals surface area contributed by atoms with E-state index in [0.29, 0.717) is 18.9 Å². The Balaban J connectivity index is 2.60. The van der Waals surface area contributed by atoms with E-state index in [4.69, 9.17) is 5.11 Å². The third kappa shape index (κ3) is 3.22. The van der Waals surface area contributed by atoms with Crippen LogP contribution in [0, 0.1) is 5.92 Å². The molecule has 1 aliphatic heterocycles. The molecule has 1 saturated heterocycles. The fraction of sp³-hybridized carbons (Fsp3) is 0.833. The molecular weight excluding hydrogens is 206 g/mol. The second kappa shape index (κ2) is 5.87. The number of amides is 1. The molecule has 1 fully saturated rings. The number of aliphatic carboxylic acids is 1. The zero-order chi connectivity index (χ0) is 12.1. The number of hydrogen-bond donors (Lipinski definition) is 1. The van der Waals surface area contributed by atoms with Crippen molar-refractivity contribution in [2.24, 2.45) is 5.92 Å². The largest absolute Gasteiger partial charge is 0.480 e. The Morgan fingerprint density at radius 2 is 2.25 bits per heavy atom. The third-order valence-corrected chi connectivity index (χ3v) is 3.39. The van der Waals surface area contributed by atoms with Gasteiger partial charge in [0.25, 0.3) is 0 Å². The lowest BCUT2D eigenvalue weighted by Gasteiger charge is -2.24. The lowest BCUT2D eigenvalue weighted by molar-refractivity contribution is -0.149. The minimum absolute atomic E-state index is 0.00602. The van der Waals surface area contributed by atoms with Gasteiger partial charge in [0.05, 0.1) is 0 Å². The van der Waals surface area contributed by atoms with Crippen molar-refractivity contribution >= 4 is 11.9 Å². The number of nitrogens with zero attached hydrogens (tertiary/aromatic N) is 1. The molecule has 4 heteroatoms. The molecule has 1 amide bonds. The molecule has 2 atom stereocenters. The molecule has 1 N–H and O–H groups in total. The summed E-state index contributed by atoms with van der Waals surface area (Å²) in [6.45, 7) is 4.32. The summed E-state index contributed by atoms with van der Waals surface area (Å²) >= 11 is 0. The number of carbonyl (C=O) groups excluding carboxylic acids is 1. The highest BCUT2D eigenvalue weighted by molar-refractivity contribution is 5.83. The van der Waals surface area contributed by atoms with E-state index < -0.39 is 12.0 Å². The van der Waals surface area contributed by atoms with Crippen molar-refractivity contribution in [2.75, 3.05) is 6.54 Å². The molecule has 0 spiro atoms. The average Bonchev–Trinajstić information content (AvgIpc) is 2.41. The van der Waals surface area contributed by atoms with Crippen LogP contribution in [0.2, 0.25) is 0 Å². The second-order valence-corrected chi connectivity index (χ2v) is 4.58. The molecule has 2 unspecified atom stereocenters. The summed E-state index contributed by atoms with van der Waals surface area (Å²) in [4.78, 5) is 24.2. The average molecular weight is 227 g/mol. The van der Waals surface area contributed by atoms with Gasteiger partial charge in [0.15, 0.2) is 0 Å². The van der Waals surface area contributed by atoms with Gasteiger partial charge in [-0.05, 0) is 25.7 Å². The normalized spacial score (nSPS) is 24.0. The molecule has 0 saturated carbocycles. The van der Waals surface area contributed by atoms with Crippen molar-refractivity contribution < 1.29 is 14.7 Å². The lowest BCUT2D eigenvalue weighted by Crippen LogP contribution is -2.42.